The monoisotopic (exact) mass is 203 g/mol. The maximum Gasteiger partial charge on any atom is 0.149 e. The summed E-state index contributed by atoms with van der Waals surface area (Å²) in [6.45, 7) is 3.35. The summed E-state index contributed by atoms with van der Waals surface area (Å²) in [4.78, 5) is 0. The maximum atomic E-state index is 13.2. The lowest BCUT2D eigenvalue weighted by Crippen LogP contribution is -2.11. The summed E-state index contributed by atoms with van der Waals surface area (Å²) in [5, 5.41) is -0.145. The highest BCUT2D eigenvalue weighted by Gasteiger charge is 2.16. The first-order valence-electron chi connectivity index (χ1n) is 3.59. The Kier molecular flexibility index (Phi) is 3.01. The van der Waals surface area contributed by atoms with Crippen molar-refractivity contribution in [2.45, 2.75) is 6.04 Å². The molecule has 0 saturated carbocycles. The fourth-order valence-electron chi connectivity index (χ4n) is 0.966. The van der Waals surface area contributed by atoms with Crippen molar-refractivity contribution in [3.8, 4) is 0 Å². The molecule has 0 aliphatic heterocycles. The third-order valence-electron chi connectivity index (χ3n) is 1.67. The minimum atomic E-state index is -0.876. The summed E-state index contributed by atoms with van der Waals surface area (Å²) in [6.07, 6.45) is 1.25. The Morgan fingerprint density at radius 3 is 2.62 bits per heavy atom. The number of benzene rings is 1. The summed E-state index contributed by atoms with van der Waals surface area (Å²) in [5.74, 6) is -1.54. The van der Waals surface area contributed by atoms with Gasteiger partial charge in [0.15, 0.2) is 0 Å². The molecule has 0 bridgehead atoms. The highest BCUT2D eigenvalue weighted by Crippen LogP contribution is 2.25. The van der Waals surface area contributed by atoms with Crippen LogP contribution in [0.3, 0.4) is 0 Å². The molecular formula is C9H8ClF2N. The number of halogens is 3. The molecule has 0 aromatic heterocycles. The molecule has 1 aromatic carbocycles. The molecular weight excluding hydrogens is 196 g/mol. The molecule has 1 aromatic rings. The zero-order valence-corrected chi connectivity index (χ0v) is 7.48. The Hall–Kier alpha value is -0.930. The lowest BCUT2D eigenvalue weighted by Gasteiger charge is -2.09. The number of hydrogen-bond acceptors (Lipinski definition) is 1. The van der Waals surface area contributed by atoms with E-state index in [9.17, 15) is 8.78 Å². The Bertz CT molecular complexity index is 339. The SMILES string of the molecule is C=C[C@H](N)c1c(F)ccc(Cl)c1F. The van der Waals surface area contributed by atoms with Crippen LogP contribution in [-0.4, -0.2) is 0 Å². The molecule has 0 aliphatic rings. The van der Waals surface area contributed by atoms with Crippen LogP contribution in [0.5, 0.6) is 0 Å². The van der Waals surface area contributed by atoms with Crippen molar-refractivity contribution in [1.29, 1.82) is 0 Å². The number of hydrogen-bond donors (Lipinski definition) is 1. The zero-order valence-electron chi connectivity index (χ0n) is 6.73. The van der Waals surface area contributed by atoms with Crippen molar-refractivity contribution in [2.24, 2.45) is 5.73 Å². The van der Waals surface area contributed by atoms with Gasteiger partial charge in [-0.1, -0.05) is 17.7 Å². The Labute approximate surface area is 79.8 Å². The summed E-state index contributed by atoms with van der Waals surface area (Å²) in [6, 6.07) is 1.34. The molecule has 1 rings (SSSR count). The van der Waals surface area contributed by atoms with Gasteiger partial charge in [-0.25, -0.2) is 8.78 Å². The van der Waals surface area contributed by atoms with E-state index in [0.29, 0.717) is 0 Å². The molecule has 4 heteroatoms. The first-order chi connectivity index (χ1) is 6.07. The van der Waals surface area contributed by atoms with E-state index in [1.165, 1.54) is 6.08 Å². The van der Waals surface area contributed by atoms with Crippen LogP contribution in [0.1, 0.15) is 11.6 Å². The average molecular weight is 204 g/mol. The molecule has 13 heavy (non-hydrogen) atoms. The van der Waals surface area contributed by atoms with E-state index in [1.54, 1.807) is 0 Å². The van der Waals surface area contributed by atoms with Crippen LogP contribution in [0.4, 0.5) is 8.78 Å². The molecule has 1 nitrogen and oxygen atoms in total. The molecule has 0 fully saturated rings. The highest BCUT2D eigenvalue weighted by atomic mass is 35.5. The van der Waals surface area contributed by atoms with Crippen LogP contribution in [0, 0.1) is 11.6 Å². The van der Waals surface area contributed by atoms with E-state index < -0.39 is 17.7 Å². The van der Waals surface area contributed by atoms with Crippen LogP contribution in [0.15, 0.2) is 24.8 Å². The average Bonchev–Trinajstić information content (AvgIpc) is 2.12. The van der Waals surface area contributed by atoms with Crippen LogP contribution in [-0.2, 0) is 0 Å². The molecule has 0 aliphatic carbocycles. The normalized spacial score (nSPS) is 12.6. The van der Waals surface area contributed by atoms with Crippen LogP contribution >= 0.6 is 11.6 Å². The third-order valence-corrected chi connectivity index (χ3v) is 1.96. The van der Waals surface area contributed by atoms with Crippen molar-refractivity contribution in [2.75, 3.05) is 0 Å². The Balaban J connectivity index is 3.32. The van der Waals surface area contributed by atoms with Crippen molar-refractivity contribution in [3.05, 3.63) is 47.0 Å². The lowest BCUT2D eigenvalue weighted by molar-refractivity contribution is 0.546. The summed E-state index contributed by atoms with van der Waals surface area (Å²) >= 11 is 5.46. The van der Waals surface area contributed by atoms with Gasteiger partial charge in [-0.2, -0.15) is 0 Å². The van der Waals surface area contributed by atoms with Gasteiger partial charge >= 0.3 is 0 Å². The van der Waals surface area contributed by atoms with E-state index in [0.717, 1.165) is 12.1 Å². The van der Waals surface area contributed by atoms with Gasteiger partial charge in [0.05, 0.1) is 11.1 Å². The van der Waals surface area contributed by atoms with Gasteiger partial charge in [-0.15, -0.1) is 6.58 Å². The second kappa shape index (κ2) is 3.85. The van der Waals surface area contributed by atoms with Crippen molar-refractivity contribution in [1.82, 2.24) is 0 Å². The standard InChI is InChI=1S/C9H8ClF2N/c1-2-7(13)8-6(11)4-3-5(10)9(8)12/h2-4,7H,1,13H2/t7-/m0/s1. The molecule has 1 atom stereocenters. The Morgan fingerprint density at radius 1 is 1.46 bits per heavy atom. The minimum Gasteiger partial charge on any atom is -0.321 e. The lowest BCUT2D eigenvalue weighted by atomic mass is 10.1. The third kappa shape index (κ3) is 1.87. The maximum absolute atomic E-state index is 13.2. The smallest absolute Gasteiger partial charge is 0.149 e. The van der Waals surface area contributed by atoms with Gasteiger partial charge in [-0.3, -0.25) is 0 Å². The van der Waals surface area contributed by atoms with Crippen molar-refractivity contribution in [3.63, 3.8) is 0 Å². The van der Waals surface area contributed by atoms with Gasteiger partial charge in [0.25, 0.3) is 0 Å². The van der Waals surface area contributed by atoms with E-state index in [-0.39, 0.29) is 10.6 Å². The fourth-order valence-corrected chi connectivity index (χ4v) is 1.13. The molecule has 0 heterocycles. The van der Waals surface area contributed by atoms with E-state index >= 15 is 0 Å². The minimum absolute atomic E-state index is 0.145. The summed E-state index contributed by atoms with van der Waals surface area (Å²) in [7, 11) is 0. The highest BCUT2D eigenvalue weighted by molar-refractivity contribution is 6.30. The molecule has 0 saturated heterocycles. The van der Waals surface area contributed by atoms with Gasteiger partial charge in [0, 0.05) is 5.56 Å². The first-order valence-corrected chi connectivity index (χ1v) is 3.97. The van der Waals surface area contributed by atoms with Gasteiger partial charge in [0.1, 0.15) is 11.6 Å². The summed E-state index contributed by atoms with van der Waals surface area (Å²) < 4.78 is 26.2. The second-order valence-corrected chi connectivity index (χ2v) is 2.93. The summed E-state index contributed by atoms with van der Waals surface area (Å²) in [5.41, 5.74) is 5.16. The largest absolute Gasteiger partial charge is 0.321 e. The Morgan fingerprint density at radius 2 is 2.08 bits per heavy atom. The van der Waals surface area contributed by atoms with Gasteiger partial charge < -0.3 is 5.73 Å². The van der Waals surface area contributed by atoms with Gasteiger partial charge in [0.2, 0.25) is 0 Å². The zero-order chi connectivity index (χ0) is 10.0. The van der Waals surface area contributed by atoms with Crippen molar-refractivity contribution < 1.29 is 8.78 Å². The van der Waals surface area contributed by atoms with Crippen LogP contribution < -0.4 is 5.73 Å². The first kappa shape index (κ1) is 10.2. The molecule has 0 spiro atoms. The molecule has 70 valence electrons. The molecule has 2 N–H and O–H groups in total. The fraction of sp³-hybridized carbons (Fsp3) is 0.111. The molecule has 0 radical (unpaired) electrons. The molecule has 0 unspecified atom stereocenters. The van der Waals surface area contributed by atoms with E-state index in [2.05, 4.69) is 6.58 Å². The topological polar surface area (TPSA) is 26.0 Å². The number of nitrogens with two attached hydrogens (primary N) is 1. The van der Waals surface area contributed by atoms with E-state index in [1.807, 2.05) is 0 Å². The van der Waals surface area contributed by atoms with Crippen molar-refractivity contribution >= 4 is 11.6 Å². The van der Waals surface area contributed by atoms with Gasteiger partial charge in [-0.05, 0) is 12.1 Å². The quantitative estimate of drug-likeness (QED) is 0.581. The predicted octanol–water partition coefficient (Wildman–Crippen LogP) is 2.80. The van der Waals surface area contributed by atoms with E-state index in [4.69, 9.17) is 17.3 Å². The number of rotatable bonds is 2. The second-order valence-electron chi connectivity index (χ2n) is 2.52. The van der Waals surface area contributed by atoms with Crippen LogP contribution in [0.2, 0.25) is 5.02 Å². The predicted molar refractivity (Wildman–Crippen MR) is 48.5 cm³/mol. The van der Waals surface area contributed by atoms with Crippen LogP contribution in [0.25, 0.3) is 0 Å². The molecule has 0 amide bonds.